The van der Waals surface area contributed by atoms with Crippen LogP contribution in [0.1, 0.15) is 40.7 Å². The number of nitrogens with one attached hydrogen (secondary N) is 2. The number of amides is 2. The van der Waals surface area contributed by atoms with E-state index in [1.165, 1.54) is 0 Å². The molecule has 8 nitrogen and oxygen atoms in total. The topological polar surface area (TPSA) is 96.4 Å². The molecule has 4 aromatic rings. The van der Waals surface area contributed by atoms with Crippen LogP contribution in [-0.4, -0.2) is 59.5 Å². The zero-order chi connectivity index (χ0) is 26.4. The summed E-state index contributed by atoms with van der Waals surface area (Å²) in [5.41, 5.74) is 3.98. The number of hydrogen-bond acceptors (Lipinski definition) is 5. The van der Waals surface area contributed by atoms with Gasteiger partial charge in [-0.3, -0.25) is 14.9 Å². The number of carbonyl (C=O) groups excluding carboxylic acids is 3. The van der Waals surface area contributed by atoms with Crippen molar-refractivity contribution in [2.45, 2.75) is 25.8 Å². The minimum atomic E-state index is -0.447. The third kappa shape index (κ3) is 4.31. The summed E-state index contributed by atoms with van der Waals surface area (Å²) in [5, 5.41) is 4.11. The molecule has 2 aromatic carbocycles. The van der Waals surface area contributed by atoms with Crippen LogP contribution in [0.3, 0.4) is 0 Å². The van der Waals surface area contributed by atoms with Gasteiger partial charge in [-0.15, -0.1) is 0 Å². The lowest BCUT2D eigenvalue weighted by molar-refractivity contribution is -0.122. The Morgan fingerprint density at radius 2 is 1.74 bits per heavy atom. The Kier molecular flexibility index (Phi) is 6.12. The summed E-state index contributed by atoms with van der Waals surface area (Å²) < 4.78 is 7.66. The number of ether oxygens (including phenoxy) is 1. The number of fused-ring (bicyclic) bond motifs is 2. The highest BCUT2D eigenvalue weighted by Gasteiger charge is 2.35. The van der Waals surface area contributed by atoms with Gasteiger partial charge in [0, 0.05) is 46.4 Å². The average molecular weight is 511 g/mol. The van der Waals surface area contributed by atoms with Gasteiger partial charge in [-0.05, 0) is 58.0 Å². The molecule has 0 saturated heterocycles. The fraction of sp³-hybridized carbons (Fsp3) is 0.300. The van der Waals surface area contributed by atoms with Crippen molar-refractivity contribution in [1.82, 2.24) is 19.8 Å². The highest BCUT2D eigenvalue weighted by molar-refractivity contribution is 6.50. The number of aromatic amines is 1. The Morgan fingerprint density at radius 1 is 1.00 bits per heavy atom. The van der Waals surface area contributed by atoms with Crippen molar-refractivity contribution in [2.75, 3.05) is 27.2 Å². The largest absolute Gasteiger partial charge is 0.462 e. The third-order valence-corrected chi connectivity index (χ3v) is 7.35. The second kappa shape index (κ2) is 9.61. The van der Waals surface area contributed by atoms with E-state index >= 15 is 0 Å². The molecule has 38 heavy (non-hydrogen) atoms. The molecule has 0 spiro atoms. The molecule has 3 heterocycles. The first-order valence-corrected chi connectivity index (χ1v) is 13.0. The number of rotatable bonds is 9. The Labute approximate surface area is 220 Å². The molecule has 2 amide bonds. The Balaban J connectivity index is 1.45. The highest BCUT2D eigenvalue weighted by atomic mass is 16.5. The smallest absolute Gasteiger partial charge is 0.340 e. The first kappa shape index (κ1) is 24.2. The first-order chi connectivity index (χ1) is 18.4. The maximum Gasteiger partial charge on any atom is 0.340 e. The van der Waals surface area contributed by atoms with Crippen LogP contribution < -0.4 is 5.32 Å². The van der Waals surface area contributed by atoms with E-state index < -0.39 is 17.8 Å². The molecule has 2 aromatic heterocycles. The number of aromatic nitrogens is 2. The number of carbonyl (C=O) groups is 3. The molecule has 1 aliphatic carbocycles. The number of esters is 1. The van der Waals surface area contributed by atoms with E-state index in [1.54, 1.807) is 18.3 Å². The van der Waals surface area contributed by atoms with E-state index in [9.17, 15) is 14.4 Å². The van der Waals surface area contributed by atoms with E-state index in [-0.39, 0.29) is 0 Å². The van der Waals surface area contributed by atoms with Gasteiger partial charge in [0.2, 0.25) is 0 Å². The van der Waals surface area contributed by atoms with Crippen molar-refractivity contribution in [3.63, 3.8) is 0 Å². The summed E-state index contributed by atoms with van der Waals surface area (Å²) in [4.78, 5) is 44.5. The van der Waals surface area contributed by atoms with Crippen molar-refractivity contribution in [2.24, 2.45) is 5.92 Å². The fourth-order valence-electron chi connectivity index (χ4n) is 5.24. The van der Waals surface area contributed by atoms with Crippen LogP contribution in [0.2, 0.25) is 0 Å². The normalized spacial score (nSPS) is 15.8. The summed E-state index contributed by atoms with van der Waals surface area (Å²) >= 11 is 0. The van der Waals surface area contributed by atoms with Gasteiger partial charge in [-0.1, -0.05) is 30.3 Å². The van der Waals surface area contributed by atoms with Gasteiger partial charge < -0.3 is 19.2 Å². The van der Waals surface area contributed by atoms with Crippen LogP contribution in [-0.2, 0) is 20.9 Å². The Hall–Kier alpha value is -4.17. The number of aryl methyl sites for hydroxylation is 1. The fourth-order valence-corrected chi connectivity index (χ4v) is 5.24. The number of nitrogens with zero attached hydrogens (tertiary/aromatic N) is 2. The molecule has 0 atom stereocenters. The minimum Gasteiger partial charge on any atom is -0.462 e. The summed E-state index contributed by atoms with van der Waals surface area (Å²) in [6.07, 6.45) is 6.81. The SMILES string of the molecule is CN(C)CCCn1cc(C2=C(c3c[nH]c4c(C(=O)OCC5CC5)cccc34)C(=O)NC2=O)c2ccccc21. The molecule has 1 saturated carbocycles. The standard InChI is InChI=1S/C30H30N4O4/c1-33(2)13-6-14-34-16-23(19-7-3-4-10-24(19)34)26-25(28(35)32-29(26)36)22-15-31-27-20(22)8-5-9-21(27)30(37)38-17-18-11-12-18/h3-5,7-10,15-16,18,31H,6,11-14,17H2,1-2H3,(H,32,35,36). The first-order valence-electron chi connectivity index (χ1n) is 13.0. The molecule has 0 radical (unpaired) electrons. The van der Waals surface area contributed by atoms with Crippen molar-refractivity contribution in [1.29, 1.82) is 0 Å². The van der Waals surface area contributed by atoms with Crippen LogP contribution in [0.5, 0.6) is 0 Å². The van der Waals surface area contributed by atoms with Gasteiger partial charge in [0.25, 0.3) is 11.8 Å². The molecular weight excluding hydrogens is 480 g/mol. The molecule has 2 N–H and O–H groups in total. The quantitative estimate of drug-likeness (QED) is 0.260. The Bertz CT molecular complexity index is 1620. The molecule has 6 rings (SSSR count). The molecular formula is C30H30N4O4. The predicted molar refractivity (Wildman–Crippen MR) is 146 cm³/mol. The van der Waals surface area contributed by atoms with E-state index in [0.29, 0.717) is 45.7 Å². The monoisotopic (exact) mass is 510 g/mol. The summed E-state index contributed by atoms with van der Waals surface area (Å²) in [5.74, 6) is -0.797. The number of hydrogen-bond donors (Lipinski definition) is 2. The van der Waals surface area contributed by atoms with Crippen molar-refractivity contribution >= 4 is 50.7 Å². The zero-order valence-electron chi connectivity index (χ0n) is 21.5. The molecule has 1 aliphatic heterocycles. The lowest BCUT2D eigenvalue weighted by Gasteiger charge is -2.10. The zero-order valence-corrected chi connectivity index (χ0v) is 21.5. The summed E-state index contributed by atoms with van der Waals surface area (Å²) in [6.45, 7) is 2.15. The van der Waals surface area contributed by atoms with Gasteiger partial charge in [0.05, 0.1) is 28.8 Å². The maximum absolute atomic E-state index is 13.2. The van der Waals surface area contributed by atoms with Crippen LogP contribution in [0.4, 0.5) is 0 Å². The summed E-state index contributed by atoms with van der Waals surface area (Å²) in [7, 11) is 4.09. The lowest BCUT2D eigenvalue weighted by Crippen LogP contribution is -2.22. The number of benzene rings is 2. The van der Waals surface area contributed by atoms with Crippen LogP contribution >= 0.6 is 0 Å². The third-order valence-electron chi connectivity index (χ3n) is 7.35. The summed E-state index contributed by atoms with van der Waals surface area (Å²) in [6, 6.07) is 13.3. The van der Waals surface area contributed by atoms with E-state index in [0.717, 1.165) is 48.8 Å². The molecule has 194 valence electrons. The second-order valence-electron chi connectivity index (χ2n) is 10.4. The number of para-hydroxylation sites is 2. The molecule has 0 unspecified atom stereocenters. The number of H-pyrrole nitrogens is 1. The molecule has 1 fully saturated rings. The molecule has 8 heteroatoms. The average Bonchev–Trinajstić information content (AvgIpc) is 3.43. The van der Waals surface area contributed by atoms with Crippen molar-refractivity contribution in [3.8, 4) is 0 Å². The van der Waals surface area contributed by atoms with E-state index in [4.69, 9.17) is 4.74 Å². The van der Waals surface area contributed by atoms with Gasteiger partial charge in [-0.25, -0.2) is 4.79 Å². The van der Waals surface area contributed by atoms with Crippen molar-refractivity contribution < 1.29 is 19.1 Å². The maximum atomic E-state index is 13.2. The van der Waals surface area contributed by atoms with E-state index in [2.05, 4.69) is 19.8 Å². The van der Waals surface area contributed by atoms with Crippen molar-refractivity contribution in [3.05, 3.63) is 71.5 Å². The second-order valence-corrected chi connectivity index (χ2v) is 10.4. The van der Waals surface area contributed by atoms with Gasteiger partial charge in [0.15, 0.2) is 0 Å². The van der Waals surface area contributed by atoms with Gasteiger partial charge in [0.1, 0.15) is 0 Å². The molecule has 0 bridgehead atoms. The van der Waals surface area contributed by atoms with E-state index in [1.807, 2.05) is 50.6 Å². The highest BCUT2D eigenvalue weighted by Crippen LogP contribution is 2.39. The Morgan fingerprint density at radius 3 is 2.50 bits per heavy atom. The minimum absolute atomic E-state index is 0.306. The van der Waals surface area contributed by atoms with Gasteiger partial charge in [-0.2, -0.15) is 0 Å². The van der Waals surface area contributed by atoms with Crippen LogP contribution in [0, 0.1) is 5.92 Å². The molecule has 2 aliphatic rings. The predicted octanol–water partition coefficient (Wildman–Crippen LogP) is 4.21. The number of imide groups is 1. The van der Waals surface area contributed by atoms with Crippen LogP contribution in [0.25, 0.3) is 33.0 Å². The van der Waals surface area contributed by atoms with Crippen LogP contribution in [0.15, 0.2) is 54.9 Å². The van der Waals surface area contributed by atoms with Gasteiger partial charge >= 0.3 is 5.97 Å². The lowest BCUT2D eigenvalue weighted by atomic mass is 9.95.